The predicted octanol–water partition coefficient (Wildman–Crippen LogP) is 0.323. The Morgan fingerprint density at radius 1 is 1.21 bits per heavy atom. The molecule has 1 saturated heterocycles. The van der Waals surface area contributed by atoms with E-state index in [1.807, 2.05) is 7.05 Å². The maximum Gasteiger partial charge on any atom is 0.243 e. The molecule has 1 heterocycles. The molecule has 7 nitrogen and oxygen atoms in total. The minimum atomic E-state index is -3.47. The first-order chi connectivity index (χ1) is 11.5. The lowest BCUT2D eigenvalue weighted by Crippen LogP contribution is -2.40. The third-order valence-corrected chi connectivity index (χ3v) is 5.76. The van der Waals surface area contributed by atoms with E-state index >= 15 is 0 Å². The fourth-order valence-electron chi connectivity index (χ4n) is 2.43. The Labute approximate surface area is 143 Å². The lowest BCUT2D eigenvalue weighted by atomic mass is 10.2. The van der Waals surface area contributed by atoms with Crippen LogP contribution in [0.25, 0.3) is 0 Å². The van der Waals surface area contributed by atoms with Gasteiger partial charge in [0.05, 0.1) is 18.1 Å². The summed E-state index contributed by atoms with van der Waals surface area (Å²) in [4.78, 5) is 11.9. The average molecular weight is 355 g/mol. The van der Waals surface area contributed by atoms with Gasteiger partial charge in [-0.3, -0.25) is 4.79 Å². The monoisotopic (exact) mass is 355 g/mol. The number of nitrogens with zero attached hydrogens (tertiary/aromatic N) is 1. The van der Waals surface area contributed by atoms with Gasteiger partial charge in [-0.2, -0.15) is 4.31 Å². The topological polar surface area (TPSA) is 87.7 Å². The quantitative estimate of drug-likeness (QED) is 0.656. The first-order valence-corrected chi connectivity index (χ1v) is 9.56. The van der Waals surface area contributed by atoms with Gasteiger partial charge in [0.15, 0.2) is 0 Å². The molecule has 0 radical (unpaired) electrons. The molecule has 1 amide bonds. The molecular formula is C16H25N3O4S. The van der Waals surface area contributed by atoms with Crippen molar-refractivity contribution >= 4 is 15.9 Å². The van der Waals surface area contributed by atoms with Crippen LogP contribution in [-0.2, 0) is 26.1 Å². The smallest absolute Gasteiger partial charge is 0.243 e. The number of carbonyl (C=O) groups is 1. The van der Waals surface area contributed by atoms with Crippen LogP contribution in [-0.4, -0.2) is 58.5 Å². The molecule has 1 aromatic carbocycles. The Bertz CT molecular complexity index is 625. The second-order valence-electron chi connectivity index (χ2n) is 5.64. The van der Waals surface area contributed by atoms with E-state index in [1.165, 1.54) is 4.31 Å². The molecular weight excluding hydrogens is 330 g/mol. The van der Waals surface area contributed by atoms with E-state index < -0.39 is 10.0 Å². The second-order valence-corrected chi connectivity index (χ2v) is 7.58. The number of nitrogens with one attached hydrogen (secondary N) is 2. The number of ether oxygens (including phenoxy) is 1. The highest BCUT2D eigenvalue weighted by Gasteiger charge is 2.25. The van der Waals surface area contributed by atoms with Gasteiger partial charge >= 0.3 is 0 Å². The standard InChI is InChI=1S/C16H25N3O4S/c1-17-8-2-3-16(20)18-13-14-4-6-15(7-5-14)24(21,22)19-9-11-23-12-10-19/h4-7,17H,2-3,8-13H2,1H3,(H,18,20). The van der Waals surface area contributed by atoms with Crippen LogP contribution in [0, 0.1) is 0 Å². The molecule has 134 valence electrons. The summed E-state index contributed by atoms with van der Waals surface area (Å²) in [6.07, 6.45) is 1.27. The molecule has 0 spiro atoms. The van der Waals surface area contributed by atoms with Crippen molar-refractivity contribution < 1.29 is 17.9 Å². The Morgan fingerprint density at radius 3 is 2.50 bits per heavy atom. The van der Waals surface area contributed by atoms with Crippen molar-refractivity contribution in [1.82, 2.24) is 14.9 Å². The van der Waals surface area contributed by atoms with E-state index in [0.717, 1.165) is 18.5 Å². The highest BCUT2D eigenvalue weighted by Crippen LogP contribution is 2.17. The van der Waals surface area contributed by atoms with Gasteiger partial charge in [0.1, 0.15) is 0 Å². The first kappa shape index (κ1) is 18.9. The van der Waals surface area contributed by atoms with Crippen LogP contribution in [0.4, 0.5) is 0 Å². The SMILES string of the molecule is CNCCCC(=O)NCc1ccc(S(=O)(=O)N2CCOCC2)cc1. The fourth-order valence-corrected chi connectivity index (χ4v) is 3.84. The number of sulfonamides is 1. The van der Waals surface area contributed by atoms with Gasteiger partial charge in [0.2, 0.25) is 15.9 Å². The predicted molar refractivity (Wildman–Crippen MR) is 91.0 cm³/mol. The van der Waals surface area contributed by atoms with Crippen molar-refractivity contribution in [2.75, 3.05) is 39.9 Å². The third-order valence-electron chi connectivity index (χ3n) is 3.85. The van der Waals surface area contributed by atoms with Crippen LogP contribution >= 0.6 is 0 Å². The molecule has 0 unspecified atom stereocenters. The minimum Gasteiger partial charge on any atom is -0.379 e. The van der Waals surface area contributed by atoms with E-state index in [9.17, 15) is 13.2 Å². The number of hydrogen-bond acceptors (Lipinski definition) is 5. The number of carbonyl (C=O) groups excluding carboxylic acids is 1. The molecule has 2 N–H and O–H groups in total. The van der Waals surface area contributed by atoms with Gasteiger partial charge in [0, 0.05) is 26.1 Å². The molecule has 8 heteroatoms. The van der Waals surface area contributed by atoms with Gasteiger partial charge in [-0.25, -0.2) is 8.42 Å². The normalized spacial score (nSPS) is 16.0. The molecule has 2 rings (SSSR count). The molecule has 0 atom stereocenters. The van der Waals surface area contributed by atoms with Gasteiger partial charge in [-0.05, 0) is 37.7 Å². The van der Waals surface area contributed by atoms with Crippen molar-refractivity contribution in [2.45, 2.75) is 24.3 Å². The van der Waals surface area contributed by atoms with Crippen molar-refractivity contribution in [2.24, 2.45) is 0 Å². The molecule has 0 saturated carbocycles. The van der Waals surface area contributed by atoms with Crippen LogP contribution in [0.3, 0.4) is 0 Å². The maximum atomic E-state index is 12.5. The second kappa shape index (κ2) is 9.12. The molecule has 1 aliphatic heterocycles. The Hall–Kier alpha value is -1.48. The lowest BCUT2D eigenvalue weighted by Gasteiger charge is -2.26. The van der Waals surface area contributed by atoms with Crippen LogP contribution in [0.1, 0.15) is 18.4 Å². The van der Waals surface area contributed by atoms with E-state index in [-0.39, 0.29) is 10.8 Å². The molecule has 0 bridgehead atoms. The fraction of sp³-hybridized carbons (Fsp3) is 0.562. The highest BCUT2D eigenvalue weighted by atomic mass is 32.2. The van der Waals surface area contributed by atoms with E-state index in [4.69, 9.17) is 4.74 Å². The summed E-state index contributed by atoms with van der Waals surface area (Å²) in [5, 5.41) is 5.83. The third kappa shape index (κ3) is 5.27. The molecule has 0 aromatic heterocycles. The van der Waals surface area contributed by atoms with Gasteiger partial charge < -0.3 is 15.4 Å². The van der Waals surface area contributed by atoms with Gasteiger partial charge in [0.25, 0.3) is 0 Å². The van der Waals surface area contributed by atoms with Crippen molar-refractivity contribution in [3.05, 3.63) is 29.8 Å². The molecule has 0 aliphatic carbocycles. The van der Waals surface area contributed by atoms with Gasteiger partial charge in [-0.1, -0.05) is 12.1 Å². The molecule has 1 aromatic rings. The Kier molecular flexibility index (Phi) is 7.16. The summed E-state index contributed by atoms with van der Waals surface area (Å²) in [6.45, 7) is 2.82. The highest BCUT2D eigenvalue weighted by molar-refractivity contribution is 7.89. The number of hydrogen-bond donors (Lipinski definition) is 2. The van der Waals surface area contributed by atoms with Crippen LogP contribution in [0.15, 0.2) is 29.2 Å². The largest absolute Gasteiger partial charge is 0.379 e. The number of benzene rings is 1. The summed E-state index contributed by atoms with van der Waals surface area (Å²) in [6, 6.07) is 6.66. The Balaban J connectivity index is 1.89. The van der Waals surface area contributed by atoms with E-state index in [2.05, 4.69) is 10.6 Å². The summed E-state index contributed by atoms with van der Waals surface area (Å²) >= 11 is 0. The average Bonchev–Trinajstić information content (AvgIpc) is 2.61. The molecule has 24 heavy (non-hydrogen) atoms. The van der Waals surface area contributed by atoms with Crippen LogP contribution in [0.2, 0.25) is 0 Å². The summed E-state index contributed by atoms with van der Waals surface area (Å²) in [5.74, 6) is -0.00438. The molecule has 1 aliphatic rings. The first-order valence-electron chi connectivity index (χ1n) is 8.12. The summed E-state index contributed by atoms with van der Waals surface area (Å²) in [7, 11) is -1.61. The number of morpholine rings is 1. The van der Waals surface area contributed by atoms with Crippen LogP contribution < -0.4 is 10.6 Å². The zero-order valence-corrected chi connectivity index (χ0v) is 14.8. The number of rotatable bonds is 8. The Morgan fingerprint density at radius 2 is 1.88 bits per heavy atom. The summed E-state index contributed by atoms with van der Waals surface area (Å²) < 4.78 is 31.6. The van der Waals surface area contributed by atoms with Gasteiger partial charge in [-0.15, -0.1) is 0 Å². The maximum absolute atomic E-state index is 12.5. The minimum absolute atomic E-state index is 0.00438. The zero-order valence-electron chi connectivity index (χ0n) is 14.0. The van der Waals surface area contributed by atoms with Crippen LogP contribution in [0.5, 0.6) is 0 Å². The van der Waals surface area contributed by atoms with Crippen molar-refractivity contribution in [3.8, 4) is 0 Å². The molecule has 1 fully saturated rings. The summed E-state index contributed by atoms with van der Waals surface area (Å²) in [5.41, 5.74) is 0.873. The van der Waals surface area contributed by atoms with E-state index in [0.29, 0.717) is 39.3 Å². The lowest BCUT2D eigenvalue weighted by molar-refractivity contribution is -0.121. The van der Waals surface area contributed by atoms with Crippen molar-refractivity contribution in [3.63, 3.8) is 0 Å². The van der Waals surface area contributed by atoms with E-state index in [1.54, 1.807) is 24.3 Å². The van der Waals surface area contributed by atoms with Crippen molar-refractivity contribution in [1.29, 1.82) is 0 Å². The zero-order chi connectivity index (χ0) is 17.4. The number of amides is 1.